The quantitative estimate of drug-likeness (QED) is 0.290. The van der Waals surface area contributed by atoms with Crippen LogP contribution in [-0.2, 0) is 4.79 Å². The molecule has 0 unspecified atom stereocenters. The van der Waals surface area contributed by atoms with Crippen molar-refractivity contribution in [3.8, 4) is 17.5 Å². The van der Waals surface area contributed by atoms with Crippen molar-refractivity contribution >= 4 is 28.4 Å². The van der Waals surface area contributed by atoms with Gasteiger partial charge in [0.2, 0.25) is 0 Å². The second kappa shape index (κ2) is 8.63. The van der Waals surface area contributed by atoms with E-state index in [1.807, 2.05) is 6.07 Å². The molecule has 146 valence electrons. The summed E-state index contributed by atoms with van der Waals surface area (Å²) in [5.41, 5.74) is 6.51. The van der Waals surface area contributed by atoms with Gasteiger partial charge in [-0.3, -0.25) is 14.2 Å². The standard InChI is InChI=1S/C21H18N4O3S/c1-13(23)17(11-22)19(26)12-29-21-24-18-9-4-3-8-16(18)20(27)25(21)14-6-5-7-15(10-14)28-2/h3-10H,12,23H2,1-2H3. The molecule has 3 aromatic rings. The molecule has 0 aliphatic heterocycles. The molecular weight excluding hydrogens is 388 g/mol. The Hall–Kier alpha value is -3.57. The van der Waals surface area contributed by atoms with Gasteiger partial charge >= 0.3 is 0 Å². The number of carbonyl (C=O) groups excluding carboxylic acids is 1. The number of fused-ring (bicyclic) bond motifs is 1. The minimum absolute atomic E-state index is 0.0772. The summed E-state index contributed by atoms with van der Waals surface area (Å²) >= 11 is 1.07. The number of para-hydroxylation sites is 1. The Kier molecular flexibility index (Phi) is 6.00. The first-order chi connectivity index (χ1) is 14.0. The van der Waals surface area contributed by atoms with E-state index in [9.17, 15) is 9.59 Å². The monoisotopic (exact) mass is 406 g/mol. The summed E-state index contributed by atoms with van der Waals surface area (Å²) in [6, 6.07) is 15.8. The van der Waals surface area contributed by atoms with Crippen molar-refractivity contribution in [2.75, 3.05) is 12.9 Å². The number of carbonyl (C=O) groups is 1. The van der Waals surface area contributed by atoms with Crippen molar-refractivity contribution in [2.45, 2.75) is 12.1 Å². The molecule has 0 saturated heterocycles. The molecule has 0 aliphatic rings. The summed E-state index contributed by atoms with van der Waals surface area (Å²) in [5.74, 6) is 0.0896. The Bertz CT molecular complexity index is 1220. The zero-order valence-electron chi connectivity index (χ0n) is 15.9. The van der Waals surface area contributed by atoms with E-state index in [1.54, 1.807) is 55.6 Å². The molecule has 3 rings (SSSR count). The first-order valence-electron chi connectivity index (χ1n) is 8.65. The Morgan fingerprint density at radius 3 is 2.72 bits per heavy atom. The second-order valence-electron chi connectivity index (χ2n) is 6.14. The molecule has 0 radical (unpaired) electrons. The van der Waals surface area contributed by atoms with Crippen molar-refractivity contribution < 1.29 is 9.53 Å². The number of nitrogens with two attached hydrogens (primary N) is 1. The molecule has 1 heterocycles. The third kappa shape index (κ3) is 4.15. The van der Waals surface area contributed by atoms with Crippen LogP contribution in [0.15, 0.2) is 69.8 Å². The smallest absolute Gasteiger partial charge is 0.266 e. The van der Waals surface area contributed by atoms with Gasteiger partial charge in [-0.25, -0.2) is 4.98 Å². The van der Waals surface area contributed by atoms with Crippen LogP contribution in [0.3, 0.4) is 0 Å². The molecule has 0 bridgehead atoms. The van der Waals surface area contributed by atoms with Crippen LogP contribution < -0.4 is 16.0 Å². The van der Waals surface area contributed by atoms with Gasteiger partial charge in [-0.15, -0.1) is 0 Å². The van der Waals surface area contributed by atoms with Gasteiger partial charge in [0.25, 0.3) is 5.56 Å². The number of allylic oxidation sites excluding steroid dienone is 2. The zero-order valence-corrected chi connectivity index (χ0v) is 16.7. The van der Waals surface area contributed by atoms with Gasteiger partial charge in [0.1, 0.15) is 17.4 Å². The molecule has 1 aromatic heterocycles. The van der Waals surface area contributed by atoms with Gasteiger partial charge < -0.3 is 10.5 Å². The van der Waals surface area contributed by atoms with E-state index in [4.69, 9.17) is 15.7 Å². The van der Waals surface area contributed by atoms with Gasteiger partial charge in [0.15, 0.2) is 10.9 Å². The summed E-state index contributed by atoms with van der Waals surface area (Å²) in [4.78, 5) is 30.1. The van der Waals surface area contributed by atoms with Crippen LogP contribution in [0.1, 0.15) is 6.92 Å². The molecule has 2 N–H and O–H groups in total. The number of benzene rings is 2. The van der Waals surface area contributed by atoms with E-state index in [0.29, 0.717) is 27.5 Å². The Balaban J connectivity index is 2.13. The highest BCUT2D eigenvalue weighted by molar-refractivity contribution is 7.99. The van der Waals surface area contributed by atoms with E-state index >= 15 is 0 Å². The topological polar surface area (TPSA) is 111 Å². The number of ketones is 1. The van der Waals surface area contributed by atoms with Gasteiger partial charge in [-0.1, -0.05) is 30.0 Å². The molecular formula is C21H18N4O3S. The van der Waals surface area contributed by atoms with Gasteiger partial charge in [-0.2, -0.15) is 5.26 Å². The van der Waals surface area contributed by atoms with Crippen LogP contribution >= 0.6 is 11.8 Å². The zero-order chi connectivity index (χ0) is 21.0. The second-order valence-corrected chi connectivity index (χ2v) is 7.08. The first-order valence-corrected chi connectivity index (χ1v) is 9.63. The molecule has 2 aromatic carbocycles. The van der Waals surface area contributed by atoms with E-state index in [-0.39, 0.29) is 22.6 Å². The molecule has 8 heteroatoms. The highest BCUT2D eigenvalue weighted by Gasteiger charge is 2.17. The third-order valence-corrected chi connectivity index (χ3v) is 5.11. The van der Waals surface area contributed by atoms with Gasteiger partial charge in [0.05, 0.1) is 29.5 Å². The van der Waals surface area contributed by atoms with E-state index in [1.165, 1.54) is 11.5 Å². The maximum absolute atomic E-state index is 13.2. The summed E-state index contributed by atoms with van der Waals surface area (Å²) in [6.07, 6.45) is 0. The molecule has 0 fully saturated rings. The third-order valence-electron chi connectivity index (χ3n) is 4.17. The van der Waals surface area contributed by atoms with Crippen LogP contribution in [0, 0.1) is 11.3 Å². The normalized spacial score (nSPS) is 11.6. The summed E-state index contributed by atoms with van der Waals surface area (Å²) in [6.45, 7) is 1.50. The molecule has 0 spiro atoms. The predicted molar refractivity (Wildman–Crippen MR) is 112 cm³/mol. The van der Waals surface area contributed by atoms with Crippen molar-refractivity contribution in [3.63, 3.8) is 0 Å². The highest BCUT2D eigenvalue weighted by atomic mass is 32.2. The van der Waals surface area contributed by atoms with Crippen molar-refractivity contribution in [1.29, 1.82) is 5.26 Å². The number of ether oxygens (including phenoxy) is 1. The lowest BCUT2D eigenvalue weighted by atomic mass is 10.2. The Morgan fingerprint density at radius 1 is 1.28 bits per heavy atom. The fourth-order valence-electron chi connectivity index (χ4n) is 2.76. The van der Waals surface area contributed by atoms with Crippen LogP contribution in [0.4, 0.5) is 0 Å². The minimum atomic E-state index is -0.419. The van der Waals surface area contributed by atoms with Crippen molar-refractivity contribution in [2.24, 2.45) is 5.73 Å². The summed E-state index contributed by atoms with van der Waals surface area (Å²) in [7, 11) is 1.54. The number of nitrogens with zero attached hydrogens (tertiary/aromatic N) is 3. The van der Waals surface area contributed by atoms with E-state index in [0.717, 1.165) is 11.8 Å². The predicted octanol–water partition coefficient (Wildman–Crippen LogP) is 2.81. The van der Waals surface area contributed by atoms with Crippen molar-refractivity contribution in [1.82, 2.24) is 9.55 Å². The maximum Gasteiger partial charge on any atom is 0.266 e. The van der Waals surface area contributed by atoms with Crippen LogP contribution in [-0.4, -0.2) is 28.2 Å². The summed E-state index contributed by atoms with van der Waals surface area (Å²) < 4.78 is 6.70. The number of nitriles is 1. The number of methoxy groups -OCH3 is 1. The SMILES string of the molecule is COc1cccc(-n2c(SCC(=O)C(C#N)=C(C)N)nc3ccccc3c2=O)c1. The average molecular weight is 406 g/mol. The molecule has 0 amide bonds. The van der Waals surface area contributed by atoms with E-state index < -0.39 is 5.78 Å². The van der Waals surface area contributed by atoms with Gasteiger partial charge in [0, 0.05) is 11.8 Å². The number of hydrogen-bond acceptors (Lipinski definition) is 7. The minimum Gasteiger partial charge on any atom is -0.497 e. The number of rotatable bonds is 6. The van der Waals surface area contributed by atoms with Crippen molar-refractivity contribution in [3.05, 3.63) is 70.2 Å². The lowest BCUT2D eigenvalue weighted by Gasteiger charge is -2.14. The molecule has 0 atom stereocenters. The Morgan fingerprint density at radius 2 is 2.03 bits per heavy atom. The summed E-state index contributed by atoms with van der Waals surface area (Å²) in [5, 5.41) is 9.93. The highest BCUT2D eigenvalue weighted by Crippen LogP contribution is 2.24. The maximum atomic E-state index is 13.2. The van der Waals surface area contributed by atoms with Crippen LogP contribution in [0.25, 0.3) is 16.6 Å². The molecule has 0 aliphatic carbocycles. The number of thioether (sulfide) groups is 1. The van der Waals surface area contributed by atoms with Gasteiger partial charge in [-0.05, 0) is 31.2 Å². The largest absolute Gasteiger partial charge is 0.497 e. The Labute approximate surface area is 171 Å². The fourth-order valence-corrected chi connectivity index (χ4v) is 3.64. The average Bonchev–Trinajstić information content (AvgIpc) is 2.72. The van der Waals surface area contributed by atoms with Crippen LogP contribution in [0.5, 0.6) is 5.75 Å². The van der Waals surface area contributed by atoms with Crippen LogP contribution in [0.2, 0.25) is 0 Å². The lowest BCUT2D eigenvalue weighted by Crippen LogP contribution is -2.22. The molecule has 0 saturated carbocycles. The number of Topliss-reactive ketones (excluding diaryl/α,β-unsaturated/α-hetero) is 1. The first kappa shape index (κ1) is 20.2. The molecule has 29 heavy (non-hydrogen) atoms. The van der Waals surface area contributed by atoms with E-state index in [2.05, 4.69) is 4.98 Å². The fraction of sp³-hybridized carbons (Fsp3) is 0.143. The molecule has 7 nitrogen and oxygen atoms in total. The lowest BCUT2D eigenvalue weighted by molar-refractivity contribution is -0.112. The number of aromatic nitrogens is 2. The number of hydrogen-bond donors (Lipinski definition) is 1.